The lowest BCUT2D eigenvalue weighted by atomic mass is 10.0. The zero-order valence-corrected chi connectivity index (χ0v) is 10.7. The molecule has 7 heteroatoms. The highest BCUT2D eigenvalue weighted by Crippen LogP contribution is 2.17. The summed E-state index contributed by atoms with van der Waals surface area (Å²) in [5.41, 5.74) is 0.832. The van der Waals surface area contributed by atoms with Crippen molar-refractivity contribution in [1.29, 1.82) is 0 Å². The summed E-state index contributed by atoms with van der Waals surface area (Å²) in [6.45, 7) is 3.66. The van der Waals surface area contributed by atoms with Crippen LogP contribution in [0.4, 0.5) is 0 Å². The maximum Gasteiger partial charge on any atom is 0.279 e. The Morgan fingerprint density at radius 3 is 2.82 bits per heavy atom. The third-order valence-electron chi connectivity index (χ3n) is 3.10. The van der Waals surface area contributed by atoms with E-state index in [0.29, 0.717) is 19.0 Å². The van der Waals surface area contributed by atoms with E-state index in [2.05, 4.69) is 21.8 Å². The van der Waals surface area contributed by atoms with Gasteiger partial charge in [-0.3, -0.25) is 5.10 Å². The molecule has 0 aromatic carbocycles. The third kappa shape index (κ3) is 3.27. The summed E-state index contributed by atoms with van der Waals surface area (Å²) in [5, 5.41) is 6.42. The number of nitrogens with zero attached hydrogens (tertiary/aromatic N) is 2. The quantitative estimate of drug-likeness (QED) is 0.824. The van der Waals surface area contributed by atoms with Gasteiger partial charge in [0.15, 0.2) is 0 Å². The van der Waals surface area contributed by atoms with Gasteiger partial charge >= 0.3 is 0 Å². The number of hydrogen-bond donors (Lipinski definition) is 2. The number of hydrogen-bond acceptors (Lipinski definition) is 3. The second-order valence-corrected chi connectivity index (χ2v) is 6.27. The smallest absolute Gasteiger partial charge is 0.279 e. The summed E-state index contributed by atoms with van der Waals surface area (Å²) in [6.07, 6.45) is 5.17. The van der Waals surface area contributed by atoms with Gasteiger partial charge in [-0.1, -0.05) is 6.92 Å². The Kier molecular flexibility index (Phi) is 3.80. The topological polar surface area (TPSA) is 78.1 Å². The first-order valence-corrected chi connectivity index (χ1v) is 7.24. The van der Waals surface area contributed by atoms with Crippen LogP contribution < -0.4 is 4.72 Å². The summed E-state index contributed by atoms with van der Waals surface area (Å²) in [6, 6.07) is 0. The number of aromatic amines is 1. The molecule has 1 saturated heterocycles. The maximum atomic E-state index is 12.0. The molecule has 2 N–H and O–H groups in total. The fourth-order valence-electron chi connectivity index (χ4n) is 1.87. The van der Waals surface area contributed by atoms with Crippen molar-refractivity contribution in [1.82, 2.24) is 19.2 Å². The van der Waals surface area contributed by atoms with Gasteiger partial charge in [-0.05, 0) is 18.8 Å². The van der Waals surface area contributed by atoms with Crippen molar-refractivity contribution in [3.05, 3.63) is 18.0 Å². The average molecular weight is 258 g/mol. The normalized spacial score (nSPS) is 19.6. The van der Waals surface area contributed by atoms with E-state index in [-0.39, 0.29) is 6.54 Å². The molecule has 1 aliphatic heterocycles. The van der Waals surface area contributed by atoms with Crippen LogP contribution in [0.15, 0.2) is 12.4 Å². The van der Waals surface area contributed by atoms with Crippen molar-refractivity contribution < 1.29 is 8.42 Å². The molecule has 1 fully saturated rings. The molecule has 17 heavy (non-hydrogen) atoms. The van der Waals surface area contributed by atoms with Crippen molar-refractivity contribution >= 4 is 10.2 Å². The van der Waals surface area contributed by atoms with E-state index in [0.717, 1.165) is 18.4 Å². The first kappa shape index (κ1) is 12.5. The molecule has 96 valence electrons. The highest BCUT2D eigenvalue weighted by molar-refractivity contribution is 7.87. The van der Waals surface area contributed by atoms with Crippen molar-refractivity contribution in [3.8, 4) is 0 Å². The van der Waals surface area contributed by atoms with Crippen LogP contribution >= 0.6 is 0 Å². The molecule has 0 saturated carbocycles. The van der Waals surface area contributed by atoms with Crippen LogP contribution in [0.2, 0.25) is 0 Å². The second kappa shape index (κ2) is 5.16. The van der Waals surface area contributed by atoms with Gasteiger partial charge in [0.1, 0.15) is 0 Å². The Morgan fingerprint density at radius 1 is 1.53 bits per heavy atom. The van der Waals surface area contributed by atoms with E-state index < -0.39 is 10.2 Å². The van der Waals surface area contributed by atoms with E-state index in [1.165, 1.54) is 4.31 Å². The SMILES string of the molecule is CC1CCN(S(=O)(=O)NCc2cn[nH]c2)CC1. The van der Waals surface area contributed by atoms with Gasteiger partial charge in [0.05, 0.1) is 6.20 Å². The lowest BCUT2D eigenvalue weighted by Crippen LogP contribution is -2.44. The minimum atomic E-state index is -3.34. The van der Waals surface area contributed by atoms with Gasteiger partial charge in [0, 0.05) is 31.4 Å². The molecular weight excluding hydrogens is 240 g/mol. The molecule has 0 aliphatic carbocycles. The van der Waals surface area contributed by atoms with Crippen LogP contribution in [-0.2, 0) is 16.8 Å². The van der Waals surface area contributed by atoms with Gasteiger partial charge in [-0.15, -0.1) is 0 Å². The maximum absolute atomic E-state index is 12.0. The van der Waals surface area contributed by atoms with Crippen molar-refractivity contribution in [2.75, 3.05) is 13.1 Å². The summed E-state index contributed by atoms with van der Waals surface area (Å²) < 4.78 is 28.0. The molecule has 0 atom stereocenters. The fourth-order valence-corrected chi connectivity index (χ4v) is 3.09. The summed E-state index contributed by atoms with van der Waals surface area (Å²) >= 11 is 0. The van der Waals surface area contributed by atoms with Crippen LogP contribution in [-0.4, -0.2) is 36.0 Å². The van der Waals surface area contributed by atoms with Gasteiger partial charge in [0.25, 0.3) is 10.2 Å². The van der Waals surface area contributed by atoms with Gasteiger partial charge in [0.2, 0.25) is 0 Å². The zero-order chi connectivity index (χ0) is 12.3. The largest absolute Gasteiger partial charge is 0.285 e. The van der Waals surface area contributed by atoms with Crippen LogP contribution in [0.1, 0.15) is 25.3 Å². The highest BCUT2D eigenvalue weighted by atomic mass is 32.2. The highest BCUT2D eigenvalue weighted by Gasteiger charge is 2.25. The number of piperidine rings is 1. The Bertz CT molecular complexity index is 435. The number of rotatable bonds is 4. The van der Waals surface area contributed by atoms with E-state index in [1.54, 1.807) is 12.4 Å². The van der Waals surface area contributed by atoms with E-state index in [9.17, 15) is 8.42 Å². The Morgan fingerprint density at radius 2 is 2.24 bits per heavy atom. The van der Waals surface area contributed by atoms with E-state index >= 15 is 0 Å². The first-order chi connectivity index (χ1) is 8.08. The van der Waals surface area contributed by atoms with Gasteiger partial charge in [-0.25, -0.2) is 0 Å². The molecular formula is C10H18N4O2S. The zero-order valence-electron chi connectivity index (χ0n) is 9.89. The Balaban J connectivity index is 1.90. The van der Waals surface area contributed by atoms with Crippen LogP contribution in [0, 0.1) is 5.92 Å². The van der Waals surface area contributed by atoms with Crippen LogP contribution in [0.25, 0.3) is 0 Å². The lowest BCUT2D eigenvalue weighted by molar-refractivity contribution is 0.285. The summed E-state index contributed by atoms with van der Waals surface area (Å²) in [5.74, 6) is 0.621. The minimum absolute atomic E-state index is 0.283. The lowest BCUT2D eigenvalue weighted by Gasteiger charge is -2.29. The monoisotopic (exact) mass is 258 g/mol. The molecule has 0 spiro atoms. The van der Waals surface area contributed by atoms with Crippen LogP contribution in [0.3, 0.4) is 0 Å². The molecule has 1 aromatic heterocycles. The molecule has 2 rings (SSSR count). The van der Waals surface area contributed by atoms with Crippen molar-refractivity contribution in [2.24, 2.45) is 5.92 Å². The standard InChI is InChI=1S/C10H18N4O2S/c1-9-2-4-14(5-3-9)17(15,16)13-8-10-6-11-12-7-10/h6-7,9,13H,2-5,8H2,1H3,(H,11,12). The Hall–Kier alpha value is -0.920. The Labute approximate surface area is 102 Å². The number of H-pyrrole nitrogens is 1. The molecule has 2 heterocycles. The molecule has 0 bridgehead atoms. The van der Waals surface area contributed by atoms with E-state index in [4.69, 9.17) is 0 Å². The van der Waals surface area contributed by atoms with Crippen LogP contribution in [0.5, 0.6) is 0 Å². The summed E-state index contributed by atoms with van der Waals surface area (Å²) in [4.78, 5) is 0. The minimum Gasteiger partial charge on any atom is -0.285 e. The average Bonchev–Trinajstić information content (AvgIpc) is 2.80. The predicted octanol–water partition coefficient (Wildman–Crippen LogP) is 0.476. The predicted molar refractivity (Wildman–Crippen MR) is 64.3 cm³/mol. The van der Waals surface area contributed by atoms with Gasteiger partial charge < -0.3 is 0 Å². The molecule has 0 amide bonds. The fraction of sp³-hybridized carbons (Fsp3) is 0.700. The van der Waals surface area contributed by atoms with Gasteiger partial charge in [-0.2, -0.15) is 22.5 Å². The molecule has 6 nitrogen and oxygen atoms in total. The molecule has 0 radical (unpaired) electrons. The summed E-state index contributed by atoms with van der Waals surface area (Å²) in [7, 11) is -3.34. The third-order valence-corrected chi connectivity index (χ3v) is 4.65. The first-order valence-electron chi connectivity index (χ1n) is 5.80. The van der Waals surface area contributed by atoms with Crippen molar-refractivity contribution in [2.45, 2.75) is 26.3 Å². The van der Waals surface area contributed by atoms with Crippen molar-refractivity contribution in [3.63, 3.8) is 0 Å². The molecule has 1 aliphatic rings. The molecule has 0 unspecified atom stereocenters. The molecule has 1 aromatic rings. The number of aromatic nitrogens is 2. The number of nitrogens with one attached hydrogen (secondary N) is 2. The second-order valence-electron chi connectivity index (χ2n) is 4.51. The van der Waals surface area contributed by atoms with E-state index in [1.807, 2.05) is 0 Å².